The van der Waals surface area contributed by atoms with E-state index in [4.69, 9.17) is 19.0 Å². The van der Waals surface area contributed by atoms with E-state index in [0.29, 0.717) is 49.3 Å². The molecule has 2 saturated heterocycles. The molecule has 2 aromatic carbocycles. The molecule has 2 aliphatic heterocycles. The maximum absolute atomic E-state index is 13.9. The predicted octanol–water partition coefficient (Wildman–Crippen LogP) is 4.80. The highest BCUT2D eigenvalue weighted by Gasteiger charge is 2.40. The Labute approximate surface area is 267 Å². The molecule has 5 rings (SSSR count). The van der Waals surface area contributed by atoms with Crippen LogP contribution in [0.1, 0.15) is 61.4 Å². The summed E-state index contributed by atoms with van der Waals surface area (Å²) in [5.41, 5.74) is 1.86. The highest BCUT2D eigenvalue weighted by atomic mass is 16.7. The fourth-order valence-electron chi connectivity index (χ4n) is 6.45. The zero-order chi connectivity index (χ0) is 31.8. The Bertz CT molecular complexity index is 1260. The molecule has 0 unspecified atom stereocenters. The summed E-state index contributed by atoms with van der Waals surface area (Å²) < 4.78 is 16.5. The average Bonchev–Trinajstić information content (AvgIpc) is 3.62. The van der Waals surface area contributed by atoms with Crippen LogP contribution in [0.5, 0.6) is 11.5 Å². The molecular formula is C35H50N4O6. The van der Waals surface area contributed by atoms with E-state index in [0.717, 1.165) is 51.9 Å². The molecule has 1 aliphatic carbocycles. The van der Waals surface area contributed by atoms with Crippen molar-refractivity contribution in [2.24, 2.45) is 11.8 Å². The summed E-state index contributed by atoms with van der Waals surface area (Å²) >= 11 is 0. The third-order valence-corrected chi connectivity index (χ3v) is 9.24. The number of hydrogen-bond acceptors (Lipinski definition) is 8. The molecule has 2 aromatic rings. The Morgan fingerprint density at radius 3 is 2.40 bits per heavy atom. The van der Waals surface area contributed by atoms with Crippen molar-refractivity contribution in [3.63, 3.8) is 0 Å². The van der Waals surface area contributed by atoms with Crippen LogP contribution < -0.4 is 14.8 Å². The van der Waals surface area contributed by atoms with Crippen LogP contribution in [0.2, 0.25) is 0 Å². The van der Waals surface area contributed by atoms with Crippen LogP contribution in [0, 0.1) is 11.8 Å². The maximum Gasteiger partial charge on any atom is 0.429 e. The van der Waals surface area contributed by atoms with E-state index in [1.54, 1.807) is 32.4 Å². The fourth-order valence-corrected chi connectivity index (χ4v) is 6.45. The quantitative estimate of drug-likeness (QED) is 0.283. The lowest BCUT2D eigenvalue weighted by molar-refractivity contribution is -0.0977. The molecule has 10 heteroatoms. The van der Waals surface area contributed by atoms with Gasteiger partial charge in [0.05, 0.1) is 13.7 Å². The van der Waals surface area contributed by atoms with Gasteiger partial charge >= 0.3 is 6.09 Å². The highest BCUT2D eigenvalue weighted by molar-refractivity contribution is 5.95. The van der Waals surface area contributed by atoms with Crippen molar-refractivity contribution in [3.8, 4) is 11.5 Å². The molecule has 45 heavy (non-hydrogen) atoms. The van der Waals surface area contributed by atoms with Crippen LogP contribution >= 0.6 is 0 Å². The summed E-state index contributed by atoms with van der Waals surface area (Å²) in [5, 5.41) is 5.37. The van der Waals surface area contributed by atoms with Gasteiger partial charge in [0.25, 0.3) is 5.91 Å². The third kappa shape index (κ3) is 8.68. The second-order valence-corrected chi connectivity index (χ2v) is 12.8. The van der Waals surface area contributed by atoms with E-state index in [1.165, 1.54) is 5.56 Å². The van der Waals surface area contributed by atoms with Crippen molar-refractivity contribution in [3.05, 3.63) is 59.7 Å². The van der Waals surface area contributed by atoms with Crippen molar-refractivity contribution in [2.75, 3.05) is 66.7 Å². The molecule has 3 atom stereocenters. The lowest BCUT2D eigenvalue weighted by atomic mass is 9.94. The van der Waals surface area contributed by atoms with Gasteiger partial charge in [0, 0.05) is 83.0 Å². The molecule has 1 saturated carbocycles. The van der Waals surface area contributed by atoms with Crippen LogP contribution in [-0.2, 0) is 9.57 Å². The number of carbonyl (C=O) groups excluding carboxylic acids is 2. The van der Waals surface area contributed by atoms with Crippen LogP contribution in [-0.4, -0.2) is 106 Å². The second-order valence-electron chi connectivity index (χ2n) is 12.8. The van der Waals surface area contributed by atoms with Crippen LogP contribution in [0.3, 0.4) is 0 Å². The number of nitrogens with one attached hydrogen (secondary N) is 1. The average molecular weight is 623 g/mol. The number of ether oxygens (including phenoxy) is 3. The molecule has 0 bridgehead atoms. The van der Waals surface area contributed by atoms with E-state index in [-0.39, 0.29) is 35.9 Å². The Hall–Kier alpha value is -3.34. The summed E-state index contributed by atoms with van der Waals surface area (Å²) in [7, 11) is 3.26. The van der Waals surface area contributed by atoms with Gasteiger partial charge in [0.2, 0.25) is 0 Å². The summed E-state index contributed by atoms with van der Waals surface area (Å²) in [5.74, 6) is 1.91. The standard InChI is InChI=1S/C35H50N4O6/c1-25(2)38(34(40)27-11-14-32(43-4)33(19-27)44-18-8-17-42-3)23-29-20-36-21-30(29)24-39(31-12-13-31)35(41)45-37-16-15-28(22-37)26-9-6-5-7-10-26/h5-7,9-11,14,19,25,28-31,36H,8,12-13,15-18,20-24H2,1-4H3/t28-,29-,30-/m0/s1. The zero-order valence-electron chi connectivity index (χ0n) is 27.3. The van der Waals surface area contributed by atoms with E-state index in [2.05, 4.69) is 29.6 Å². The van der Waals surface area contributed by atoms with Gasteiger partial charge in [-0.2, -0.15) is 0 Å². The van der Waals surface area contributed by atoms with Gasteiger partial charge in [0.15, 0.2) is 11.5 Å². The topological polar surface area (TPSA) is 92.8 Å². The van der Waals surface area contributed by atoms with Gasteiger partial charge in [-0.1, -0.05) is 30.3 Å². The number of amides is 2. The van der Waals surface area contributed by atoms with Gasteiger partial charge < -0.3 is 34.2 Å². The van der Waals surface area contributed by atoms with Crippen molar-refractivity contribution in [1.82, 2.24) is 20.2 Å². The third-order valence-electron chi connectivity index (χ3n) is 9.24. The Kier molecular flexibility index (Phi) is 11.6. The zero-order valence-corrected chi connectivity index (χ0v) is 27.3. The lowest BCUT2D eigenvalue weighted by Crippen LogP contribution is -2.45. The van der Waals surface area contributed by atoms with Crippen molar-refractivity contribution in [2.45, 2.75) is 57.5 Å². The maximum atomic E-state index is 13.9. The second kappa shape index (κ2) is 15.8. The largest absolute Gasteiger partial charge is 0.493 e. The molecule has 0 aromatic heterocycles. The number of benzene rings is 2. The number of rotatable bonds is 15. The Morgan fingerprint density at radius 2 is 1.71 bits per heavy atom. The molecular weight excluding hydrogens is 572 g/mol. The predicted molar refractivity (Wildman–Crippen MR) is 173 cm³/mol. The molecule has 0 radical (unpaired) electrons. The van der Waals surface area contributed by atoms with Crippen molar-refractivity contribution in [1.29, 1.82) is 0 Å². The van der Waals surface area contributed by atoms with Gasteiger partial charge in [-0.3, -0.25) is 4.79 Å². The van der Waals surface area contributed by atoms with Gasteiger partial charge in [-0.15, -0.1) is 5.06 Å². The lowest BCUT2D eigenvalue weighted by Gasteiger charge is -2.33. The first kappa shape index (κ1) is 33.0. The van der Waals surface area contributed by atoms with E-state index in [9.17, 15) is 9.59 Å². The summed E-state index contributed by atoms with van der Waals surface area (Å²) in [6.07, 6.45) is 3.49. The van der Waals surface area contributed by atoms with Gasteiger partial charge in [0.1, 0.15) is 0 Å². The molecule has 10 nitrogen and oxygen atoms in total. The van der Waals surface area contributed by atoms with Crippen LogP contribution in [0.15, 0.2) is 48.5 Å². The minimum Gasteiger partial charge on any atom is -0.493 e. The van der Waals surface area contributed by atoms with Crippen molar-refractivity contribution >= 4 is 12.0 Å². The van der Waals surface area contributed by atoms with Gasteiger partial charge in [-0.05, 0) is 68.7 Å². The van der Waals surface area contributed by atoms with E-state index >= 15 is 0 Å². The van der Waals surface area contributed by atoms with E-state index < -0.39 is 0 Å². The molecule has 3 aliphatic rings. The van der Waals surface area contributed by atoms with Crippen LogP contribution in [0.25, 0.3) is 0 Å². The van der Waals surface area contributed by atoms with Crippen molar-refractivity contribution < 1.29 is 28.6 Å². The molecule has 2 heterocycles. The number of carbonyl (C=O) groups is 2. The summed E-state index contributed by atoms with van der Waals surface area (Å²) in [4.78, 5) is 37.2. The van der Waals surface area contributed by atoms with Crippen LogP contribution in [0.4, 0.5) is 4.79 Å². The molecule has 0 spiro atoms. The normalized spacial score (nSPS) is 21.6. The minimum atomic E-state index is -0.245. The summed E-state index contributed by atoms with van der Waals surface area (Å²) in [6.45, 7) is 9.47. The number of hydroxylamine groups is 2. The highest BCUT2D eigenvalue weighted by Crippen LogP contribution is 2.33. The number of methoxy groups -OCH3 is 2. The first-order chi connectivity index (χ1) is 21.9. The first-order valence-electron chi connectivity index (χ1n) is 16.5. The molecule has 3 fully saturated rings. The fraction of sp³-hybridized carbons (Fsp3) is 0.600. The Morgan fingerprint density at radius 1 is 0.956 bits per heavy atom. The SMILES string of the molecule is COCCCOc1cc(C(=O)N(C[C@@H]2CNC[C@H]2CN(C(=O)ON2CC[C@H](c3ccccc3)C2)C2CC2)C(C)C)ccc1OC. The Balaban J connectivity index is 1.20. The number of nitrogens with zero attached hydrogens (tertiary/aromatic N) is 3. The number of hydrogen-bond donors (Lipinski definition) is 1. The smallest absolute Gasteiger partial charge is 0.429 e. The van der Waals surface area contributed by atoms with E-state index in [1.807, 2.05) is 34.8 Å². The molecule has 1 N–H and O–H groups in total. The molecule has 246 valence electrons. The minimum absolute atomic E-state index is 0.00384. The monoisotopic (exact) mass is 622 g/mol. The first-order valence-corrected chi connectivity index (χ1v) is 16.5. The summed E-state index contributed by atoms with van der Waals surface area (Å²) in [6, 6.07) is 16.1. The molecule has 2 amide bonds. The van der Waals surface area contributed by atoms with Gasteiger partial charge in [-0.25, -0.2) is 4.79 Å².